The highest BCUT2D eigenvalue weighted by atomic mass is 35.5. The zero-order valence-electron chi connectivity index (χ0n) is 7.03. The Morgan fingerprint density at radius 2 is 2.15 bits per heavy atom. The molecule has 1 rings (SSSR count). The van der Waals surface area contributed by atoms with Gasteiger partial charge in [0.25, 0.3) is 0 Å². The molecule has 0 saturated heterocycles. The van der Waals surface area contributed by atoms with E-state index in [1.807, 2.05) is 18.2 Å². The summed E-state index contributed by atoms with van der Waals surface area (Å²) < 4.78 is 0. The second kappa shape index (κ2) is 4.53. The van der Waals surface area contributed by atoms with Crippen molar-refractivity contribution in [2.24, 2.45) is 0 Å². The second-order valence-electron chi connectivity index (χ2n) is 2.53. The number of hydrogen-bond acceptors (Lipinski definition) is 2. The van der Waals surface area contributed by atoms with E-state index < -0.39 is 11.2 Å². The van der Waals surface area contributed by atoms with Crippen LogP contribution >= 0.6 is 23.4 Å². The van der Waals surface area contributed by atoms with Crippen LogP contribution in [0.3, 0.4) is 0 Å². The minimum atomic E-state index is -0.829. The van der Waals surface area contributed by atoms with Gasteiger partial charge in [-0.3, -0.25) is 4.79 Å². The van der Waals surface area contributed by atoms with E-state index in [4.69, 9.17) is 16.7 Å². The van der Waals surface area contributed by atoms with E-state index in [0.29, 0.717) is 5.02 Å². The van der Waals surface area contributed by atoms with Crippen LogP contribution in [0.25, 0.3) is 0 Å². The van der Waals surface area contributed by atoms with Crippen LogP contribution in [-0.4, -0.2) is 16.3 Å². The number of carboxylic acids is 1. The van der Waals surface area contributed by atoms with Crippen molar-refractivity contribution >= 4 is 29.3 Å². The first kappa shape index (κ1) is 10.4. The van der Waals surface area contributed by atoms with Crippen molar-refractivity contribution in [1.29, 1.82) is 0 Å². The number of thioether (sulfide) groups is 1. The Kier molecular flexibility index (Phi) is 3.63. The fourth-order valence-electron chi connectivity index (χ4n) is 0.781. The van der Waals surface area contributed by atoms with Crippen molar-refractivity contribution in [3.63, 3.8) is 0 Å². The topological polar surface area (TPSA) is 37.3 Å². The van der Waals surface area contributed by atoms with Crippen molar-refractivity contribution in [3.8, 4) is 0 Å². The number of hydrogen-bond donors (Lipinski definition) is 1. The summed E-state index contributed by atoms with van der Waals surface area (Å²) in [5.74, 6) is -0.829. The lowest BCUT2D eigenvalue weighted by molar-refractivity contribution is -0.136. The number of rotatable bonds is 3. The highest BCUT2D eigenvalue weighted by molar-refractivity contribution is 8.00. The molecule has 0 unspecified atom stereocenters. The number of benzene rings is 1. The molecule has 1 N–H and O–H groups in total. The summed E-state index contributed by atoms with van der Waals surface area (Å²) in [4.78, 5) is 11.4. The van der Waals surface area contributed by atoms with Crippen molar-refractivity contribution < 1.29 is 9.90 Å². The van der Waals surface area contributed by atoms with Gasteiger partial charge in [-0.05, 0) is 19.1 Å². The Morgan fingerprint density at radius 1 is 1.54 bits per heavy atom. The molecule has 0 bridgehead atoms. The van der Waals surface area contributed by atoms with Gasteiger partial charge < -0.3 is 5.11 Å². The first-order valence-corrected chi connectivity index (χ1v) is 5.01. The fourth-order valence-corrected chi connectivity index (χ4v) is 1.87. The van der Waals surface area contributed by atoms with E-state index in [1.165, 1.54) is 11.8 Å². The second-order valence-corrected chi connectivity index (χ2v) is 4.32. The predicted octanol–water partition coefficient (Wildman–Crippen LogP) is 2.91. The smallest absolute Gasteiger partial charge is 0.316 e. The molecule has 0 aliphatic heterocycles. The maximum Gasteiger partial charge on any atom is 0.316 e. The van der Waals surface area contributed by atoms with Crippen LogP contribution in [0.15, 0.2) is 29.2 Å². The largest absolute Gasteiger partial charge is 0.480 e. The summed E-state index contributed by atoms with van der Waals surface area (Å²) in [5, 5.41) is 8.80. The van der Waals surface area contributed by atoms with Crippen molar-refractivity contribution in [3.05, 3.63) is 29.3 Å². The first-order valence-electron chi connectivity index (χ1n) is 3.75. The van der Waals surface area contributed by atoms with E-state index in [-0.39, 0.29) is 0 Å². The maximum atomic E-state index is 10.6. The zero-order valence-corrected chi connectivity index (χ0v) is 8.60. The molecule has 0 fully saturated rings. The average molecular weight is 217 g/mol. The molecule has 0 radical (unpaired) electrons. The predicted molar refractivity (Wildman–Crippen MR) is 54.4 cm³/mol. The van der Waals surface area contributed by atoms with Gasteiger partial charge in [0, 0.05) is 4.90 Å². The van der Waals surface area contributed by atoms with E-state index in [9.17, 15) is 4.79 Å². The number of carboxylic acid groups (broad SMARTS) is 1. The molecular weight excluding hydrogens is 208 g/mol. The molecule has 13 heavy (non-hydrogen) atoms. The number of aliphatic carboxylic acids is 1. The summed E-state index contributed by atoms with van der Waals surface area (Å²) in [6, 6.07) is 7.21. The molecule has 0 heterocycles. The van der Waals surface area contributed by atoms with Crippen LogP contribution in [-0.2, 0) is 4.79 Å². The van der Waals surface area contributed by atoms with E-state index in [0.717, 1.165) is 4.90 Å². The van der Waals surface area contributed by atoms with E-state index in [2.05, 4.69) is 0 Å². The number of halogens is 1. The van der Waals surface area contributed by atoms with E-state index in [1.54, 1.807) is 13.0 Å². The van der Waals surface area contributed by atoms with Crippen molar-refractivity contribution in [2.45, 2.75) is 17.1 Å². The molecule has 1 aromatic carbocycles. The number of carbonyl (C=O) groups is 1. The van der Waals surface area contributed by atoms with Gasteiger partial charge in [-0.1, -0.05) is 23.7 Å². The molecule has 1 aromatic rings. The van der Waals surface area contributed by atoms with Crippen LogP contribution in [0.5, 0.6) is 0 Å². The molecule has 0 saturated carbocycles. The average Bonchev–Trinajstić information content (AvgIpc) is 2.08. The highest BCUT2D eigenvalue weighted by Gasteiger charge is 2.13. The lowest BCUT2D eigenvalue weighted by Crippen LogP contribution is -2.10. The minimum absolute atomic E-state index is 0.472. The Balaban J connectivity index is 2.74. The molecule has 70 valence electrons. The van der Waals surface area contributed by atoms with Gasteiger partial charge in [0.15, 0.2) is 0 Å². The summed E-state index contributed by atoms with van der Waals surface area (Å²) in [6.07, 6.45) is 0. The van der Waals surface area contributed by atoms with Gasteiger partial charge in [0.2, 0.25) is 0 Å². The van der Waals surface area contributed by atoms with Crippen molar-refractivity contribution in [1.82, 2.24) is 0 Å². The lowest BCUT2D eigenvalue weighted by Gasteiger charge is -2.06. The van der Waals surface area contributed by atoms with E-state index >= 15 is 0 Å². The van der Waals surface area contributed by atoms with Gasteiger partial charge in [0.05, 0.1) is 5.02 Å². The summed E-state index contributed by atoms with van der Waals surface area (Å²) >= 11 is 7.11. The third-order valence-electron chi connectivity index (χ3n) is 1.49. The summed E-state index contributed by atoms with van der Waals surface area (Å²) in [6.45, 7) is 1.64. The van der Waals surface area contributed by atoms with Gasteiger partial charge >= 0.3 is 5.97 Å². The quantitative estimate of drug-likeness (QED) is 0.790. The molecule has 0 aromatic heterocycles. The monoisotopic (exact) mass is 216 g/mol. The molecule has 4 heteroatoms. The Hall–Kier alpha value is -0.670. The lowest BCUT2D eigenvalue weighted by atomic mass is 10.4. The van der Waals surface area contributed by atoms with Gasteiger partial charge in [-0.15, -0.1) is 11.8 Å². The molecular formula is C9H9ClO2S. The van der Waals surface area contributed by atoms with Gasteiger partial charge in [-0.25, -0.2) is 0 Å². The van der Waals surface area contributed by atoms with Crippen molar-refractivity contribution in [2.75, 3.05) is 0 Å². The summed E-state index contributed by atoms with van der Waals surface area (Å²) in [7, 11) is 0. The highest BCUT2D eigenvalue weighted by Crippen LogP contribution is 2.29. The molecule has 0 aliphatic rings. The summed E-state index contributed by atoms with van der Waals surface area (Å²) in [5.41, 5.74) is 0. The third-order valence-corrected chi connectivity index (χ3v) is 3.09. The Bertz CT molecular complexity index is 314. The zero-order chi connectivity index (χ0) is 9.84. The molecule has 0 aliphatic carbocycles. The maximum absolute atomic E-state index is 10.6. The third kappa shape index (κ3) is 2.94. The molecule has 2 nitrogen and oxygen atoms in total. The van der Waals surface area contributed by atoms with Crippen LogP contribution in [0.1, 0.15) is 6.92 Å². The molecule has 0 amide bonds. The van der Waals surface area contributed by atoms with Gasteiger partial charge in [-0.2, -0.15) is 0 Å². The molecule has 0 spiro atoms. The van der Waals surface area contributed by atoms with Crippen LogP contribution < -0.4 is 0 Å². The minimum Gasteiger partial charge on any atom is -0.480 e. The van der Waals surface area contributed by atoms with Crippen LogP contribution in [0.4, 0.5) is 0 Å². The first-order chi connectivity index (χ1) is 6.11. The normalized spacial score (nSPS) is 12.5. The Morgan fingerprint density at radius 3 is 2.69 bits per heavy atom. The van der Waals surface area contributed by atoms with Gasteiger partial charge in [0.1, 0.15) is 5.25 Å². The SMILES string of the molecule is C[C@H](Sc1ccccc1Cl)C(=O)O. The van der Waals surface area contributed by atoms with Crippen LogP contribution in [0.2, 0.25) is 5.02 Å². The fraction of sp³-hybridized carbons (Fsp3) is 0.222. The standard InChI is InChI=1S/C9H9ClO2S/c1-6(9(11)12)13-8-5-3-2-4-7(8)10/h2-6H,1H3,(H,11,12)/t6-/m0/s1. The molecule has 1 atom stereocenters. The van der Waals surface area contributed by atoms with Crippen LogP contribution in [0, 0.1) is 0 Å². The Labute approximate surface area is 85.9 Å².